The molecule has 0 aliphatic carbocycles. The molecule has 0 bridgehead atoms. The average molecular weight is 371 g/mol. The Balaban J connectivity index is 2.08. The number of nitro groups is 1. The number of carbonyl (C=O) groups is 1. The van der Waals surface area contributed by atoms with E-state index in [1.165, 1.54) is 24.3 Å². The summed E-state index contributed by atoms with van der Waals surface area (Å²) >= 11 is 5.91. The Labute approximate surface area is 146 Å². The van der Waals surface area contributed by atoms with Crippen molar-refractivity contribution in [2.45, 2.75) is 19.6 Å². The summed E-state index contributed by atoms with van der Waals surface area (Å²) in [6.45, 7) is -1.22. The van der Waals surface area contributed by atoms with E-state index in [4.69, 9.17) is 11.6 Å². The minimum absolute atomic E-state index is 0.00990. The number of nitrogens with zero attached hydrogens (tertiary/aromatic N) is 1. The van der Waals surface area contributed by atoms with Crippen LogP contribution in [0.2, 0.25) is 5.02 Å². The van der Waals surface area contributed by atoms with Crippen LogP contribution in [-0.2, 0) is 0 Å². The van der Waals surface area contributed by atoms with Crippen molar-refractivity contribution >= 4 is 23.2 Å². The monoisotopic (exact) mass is 370 g/mol. The summed E-state index contributed by atoms with van der Waals surface area (Å²) in [6, 6.07) is 8.91. The van der Waals surface area contributed by atoms with Crippen molar-refractivity contribution in [3.63, 3.8) is 0 Å². The lowest BCUT2D eigenvalue weighted by atomic mass is 10.1. The van der Waals surface area contributed by atoms with Gasteiger partial charge in [-0.2, -0.15) is 8.78 Å². The molecule has 0 aromatic heterocycles. The summed E-state index contributed by atoms with van der Waals surface area (Å²) in [5, 5.41) is 13.3. The van der Waals surface area contributed by atoms with Gasteiger partial charge in [-0.3, -0.25) is 14.9 Å². The smallest absolute Gasteiger partial charge is 0.387 e. The van der Waals surface area contributed by atoms with Gasteiger partial charge in [-0.05, 0) is 30.7 Å². The Morgan fingerprint density at radius 3 is 2.40 bits per heavy atom. The molecule has 0 fully saturated rings. The molecule has 0 radical (unpaired) electrons. The van der Waals surface area contributed by atoms with E-state index in [1.807, 2.05) is 0 Å². The van der Waals surface area contributed by atoms with E-state index in [0.717, 1.165) is 6.07 Å². The summed E-state index contributed by atoms with van der Waals surface area (Å²) in [5.74, 6) is -0.504. The van der Waals surface area contributed by atoms with Crippen molar-refractivity contribution in [2.24, 2.45) is 0 Å². The molecular weight excluding hydrogens is 358 g/mol. The molecule has 25 heavy (non-hydrogen) atoms. The van der Waals surface area contributed by atoms with E-state index in [0.29, 0.717) is 5.56 Å². The average Bonchev–Trinajstić information content (AvgIpc) is 2.54. The SMILES string of the molecule is C[C@@H](NC(=O)c1ccc([N+](=O)[O-])cc1Cl)c1ccc(OC(F)F)cc1. The third kappa shape index (κ3) is 4.87. The van der Waals surface area contributed by atoms with Gasteiger partial charge in [0.1, 0.15) is 5.75 Å². The summed E-state index contributed by atoms with van der Waals surface area (Å²) in [5.41, 5.74) is 0.536. The number of nitro benzene ring substituents is 1. The van der Waals surface area contributed by atoms with Gasteiger partial charge >= 0.3 is 6.61 Å². The summed E-state index contributed by atoms with van der Waals surface area (Å²) < 4.78 is 28.5. The molecule has 1 amide bonds. The molecule has 0 saturated heterocycles. The van der Waals surface area contributed by atoms with Crippen LogP contribution in [0.1, 0.15) is 28.9 Å². The highest BCUT2D eigenvalue weighted by molar-refractivity contribution is 6.34. The predicted molar refractivity (Wildman–Crippen MR) is 87.1 cm³/mol. The molecule has 1 N–H and O–H groups in total. The zero-order chi connectivity index (χ0) is 18.6. The molecule has 2 rings (SSSR count). The van der Waals surface area contributed by atoms with Crippen molar-refractivity contribution in [1.82, 2.24) is 5.32 Å². The fourth-order valence-electron chi connectivity index (χ4n) is 2.10. The van der Waals surface area contributed by atoms with E-state index in [-0.39, 0.29) is 22.0 Å². The Hall–Kier alpha value is -2.74. The molecule has 2 aromatic rings. The van der Waals surface area contributed by atoms with Crippen molar-refractivity contribution in [3.05, 3.63) is 68.7 Å². The first-order valence-corrected chi connectivity index (χ1v) is 7.45. The normalized spacial score (nSPS) is 11.9. The molecule has 132 valence electrons. The molecule has 6 nitrogen and oxygen atoms in total. The topological polar surface area (TPSA) is 81.5 Å². The van der Waals surface area contributed by atoms with Gasteiger partial charge in [0.15, 0.2) is 0 Å². The lowest BCUT2D eigenvalue weighted by molar-refractivity contribution is -0.384. The second-order valence-electron chi connectivity index (χ2n) is 5.06. The number of hydrogen-bond acceptors (Lipinski definition) is 4. The van der Waals surface area contributed by atoms with Crippen molar-refractivity contribution < 1.29 is 23.2 Å². The number of carbonyl (C=O) groups excluding carboxylic acids is 1. The van der Waals surface area contributed by atoms with Gasteiger partial charge in [-0.15, -0.1) is 0 Å². The van der Waals surface area contributed by atoms with E-state index in [2.05, 4.69) is 10.1 Å². The standard InChI is InChI=1S/C16H13ClF2N2O4/c1-9(10-2-5-12(6-3-10)25-16(18)19)20-15(22)13-7-4-11(21(23)24)8-14(13)17/h2-9,16H,1H3,(H,20,22)/t9-/m1/s1. The maximum Gasteiger partial charge on any atom is 0.387 e. The van der Waals surface area contributed by atoms with Gasteiger partial charge in [0.05, 0.1) is 21.6 Å². The second-order valence-corrected chi connectivity index (χ2v) is 5.47. The van der Waals surface area contributed by atoms with Gasteiger partial charge in [-0.1, -0.05) is 23.7 Å². The zero-order valence-electron chi connectivity index (χ0n) is 12.9. The van der Waals surface area contributed by atoms with Gasteiger partial charge in [0.2, 0.25) is 0 Å². The van der Waals surface area contributed by atoms with E-state index in [9.17, 15) is 23.7 Å². The summed E-state index contributed by atoms with van der Waals surface area (Å²) in [4.78, 5) is 22.3. The van der Waals surface area contributed by atoms with Crippen LogP contribution in [0.4, 0.5) is 14.5 Å². The Morgan fingerprint density at radius 1 is 1.24 bits per heavy atom. The Kier molecular flexibility index (Phi) is 5.87. The van der Waals surface area contributed by atoms with Crippen LogP contribution in [0.5, 0.6) is 5.75 Å². The number of benzene rings is 2. The molecule has 0 aliphatic rings. The van der Waals surface area contributed by atoms with Crippen LogP contribution in [0.15, 0.2) is 42.5 Å². The molecule has 0 saturated carbocycles. The highest BCUT2D eigenvalue weighted by Crippen LogP contribution is 2.24. The number of nitrogens with one attached hydrogen (secondary N) is 1. The lowest BCUT2D eigenvalue weighted by Crippen LogP contribution is -2.26. The molecular formula is C16H13ClF2N2O4. The van der Waals surface area contributed by atoms with Gasteiger partial charge in [-0.25, -0.2) is 0 Å². The molecule has 0 unspecified atom stereocenters. The first-order chi connectivity index (χ1) is 11.8. The molecule has 0 spiro atoms. The first-order valence-electron chi connectivity index (χ1n) is 7.07. The number of hydrogen-bond donors (Lipinski definition) is 1. The highest BCUT2D eigenvalue weighted by atomic mass is 35.5. The molecule has 0 heterocycles. The van der Waals surface area contributed by atoms with E-state index < -0.39 is 23.5 Å². The minimum atomic E-state index is -2.91. The van der Waals surface area contributed by atoms with Crippen molar-refractivity contribution in [3.8, 4) is 5.75 Å². The lowest BCUT2D eigenvalue weighted by Gasteiger charge is -2.15. The number of non-ortho nitro benzene ring substituents is 1. The largest absolute Gasteiger partial charge is 0.435 e. The predicted octanol–water partition coefficient (Wildman–Crippen LogP) is 4.34. The number of amides is 1. The summed E-state index contributed by atoms with van der Waals surface area (Å²) in [6.07, 6.45) is 0. The number of ether oxygens (including phenoxy) is 1. The highest BCUT2D eigenvalue weighted by Gasteiger charge is 2.17. The van der Waals surface area contributed by atoms with Crippen LogP contribution >= 0.6 is 11.6 Å². The third-order valence-corrected chi connectivity index (χ3v) is 3.67. The van der Waals surface area contributed by atoms with Gasteiger partial charge in [0, 0.05) is 12.1 Å². The van der Waals surface area contributed by atoms with Crippen molar-refractivity contribution in [1.29, 1.82) is 0 Å². The maximum atomic E-state index is 12.3. The van der Waals surface area contributed by atoms with Crippen LogP contribution in [0.25, 0.3) is 0 Å². The quantitative estimate of drug-likeness (QED) is 0.605. The molecule has 0 aliphatic heterocycles. The van der Waals surface area contributed by atoms with Crippen LogP contribution in [0.3, 0.4) is 0 Å². The first kappa shape index (κ1) is 18.6. The molecule has 2 aromatic carbocycles. The van der Waals surface area contributed by atoms with Crippen LogP contribution in [-0.4, -0.2) is 17.4 Å². The van der Waals surface area contributed by atoms with Crippen LogP contribution in [0, 0.1) is 10.1 Å². The zero-order valence-corrected chi connectivity index (χ0v) is 13.7. The summed E-state index contributed by atoms with van der Waals surface area (Å²) in [7, 11) is 0. The number of alkyl halides is 2. The van der Waals surface area contributed by atoms with E-state index >= 15 is 0 Å². The molecule has 1 atom stereocenters. The van der Waals surface area contributed by atoms with Gasteiger partial charge < -0.3 is 10.1 Å². The Bertz CT molecular complexity index is 784. The number of halogens is 3. The minimum Gasteiger partial charge on any atom is -0.435 e. The number of rotatable bonds is 6. The maximum absolute atomic E-state index is 12.3. The van der Waals surface area contributed by atoms with Gasteiger partial charge in [0.25, 0.3) is 11.6 Å². The second kappa shape index (κ2) is 7.89. The van der Waals surface area contributed by atoms with Crippen molar-refractivity contribution in [2.75, 3.05) is 0 Å². The fraction of sp³-hybridized carbons (Fsp3) is 0.188. The van der Waals surface area contributed by atoms with Crippen LogP contribution < -0.4 is 10.1 Å². The van der Waals surface area contributed by atoms with E-state index in [1.54, 1.807) is 19.1 Å². The Morgan fingerprint density at radius 2 is 1.88 bits per heavy atom. The fourth-order valence-corrected chi connectivity index (χ4v) is 2.36. The third-order valence-electron chi connectivity index (χ3n) is 3.36. The molecule has 9 heteroatoms.